The van der Waals surface area contributed by atoms with Crippen molar-refractivity contribution in [2.24, 2.45) is 13.0 Å². The molecule has 5 unspecified atom stereocenters. The smallest absolute Gasteiger partial charge is 0.387 e. The number of nitrogens with one attached hydrogen (secondary N) is 2. The summed E-state index contributed by atoms with van der Waals surface area (Å²) in [5, 5.41) is 33.4. The van der Waals surface area contributed by atoms with Gasteiger partial charge in [0.2, 0.25) is 17.7 Å². The number of nitrogens with zero attached hydrogens (tertiary/aromatic N) is 11. The van der Waals surface area contributed by atoms with Crippen LogP contribution in [0.5, 0.6) is 0 Å². The Morgan fingerprint density at radius 2 is 1.32 bits per heavy atom. The Morgan fingerprint density at radius 1 is 0.727 bits per heavy atom. The van der Waals surface area contributed by atoms with Crippen molar-refractivity contribution in [3.8, 4) is 0 Å². The number of aryl methyl sites for hydroxylation is 1. The van der Waals surface area contributed by atoms with Gasteiger partial charge in [-0.15, -0.1) is 0 Å². The lowest BCUT2D eigenvalue weighted by Crippen LogP contribution is -2.46. The molecule has 3 fully saturated rings. The number of aliphatic hydroxyl groups is 3. The molecule has 6 aromatic rings. The van der Waals surface area contributed by atoms with Crippen LogP contribution in [0.15, 0.2) is 34.9 Å². The molecular weight excluding hydrogens is 1120 g/mol. The molecule has 0 amide bonds. The summed E-state index contributed by atoms with van der Waals surface area (Å²) in [6.07, 6.45) is -11.0. The average Bonchev–Trinajstić information content (AvgIpc) is 4.24. The van der Waals surface area contributed by atoms with Crippen LogP contribution in [0.1, 0.15) is 18.7 Å². The van der Waals surface area contributed by atoms with Crippen molar-refractivity contribution in [3.05, 3.63) is 46.0 Å². The van der Waals surface area contributed by atoms with Crippen molar-refractivity contribution < 1.29 is 98.9 Å². The molecule has 0 saturated carbocycles. The first-order valence-corrected chi connectivity index (χ1v) is 28.5. The van der Waals surface area contributed by atoms with Crippen molar-refractivity contribution >= 4 is 82.3 Å². The van der Waals surface area contributed by atoms with Crippen LogP contribution in [-0.4, -0.2) is 189 Å². The SMILES string of the molecule is CO[C@@H]1[C@H](P(=O)(O)OC[C@H]2O[C@@H](n3cnc4c(=O)[nH]c(N)nc43)[C@H](O)[C@@H]2O)[C@@H](COP(=O)(O)OP(=O)(O)OP(=O)(O)OC[C@H]2OC([n+]3cn(C)c4c(=O)[nH]c(N)nc43)[C@H](O)[C@@H]2CN(C)C)O[C@H]1n1cnc2c(N)ncnc21. The summed E-state index contributed by atoms with van der Waals surface area (Å²) in [7, 11) is -17.4. The molecule has 3 aliphatic rings. The van der Waals surface area contributed by atoms with Gasteiger partial charge in [0, 0.05) is 19.6 Å². The summed E-state index contributed by atoms with van der Waals surface area (Å²) >= 11 is 0. The molecule has 16 atom stereocenters. The first kappa shape index (κ1) is 56.6. The Hall–Kier alpha value is -5.11. The second-order valence-corrected chi connectivity index (χ2v) is 24.5. The number of hydrogen-bond donors (Lipinski definition) is 12. The number of H-pyrrole nitrogens is 2. The number of aromatic nitrogens is 12. The van der Waals surface area contributed by atoms with E-state index < -0.39 is 135 Å². The first-order chi connectivity index (χ1) is 36.1. The molecule has 422 valence electrons. The van der Waals surface area contributed by atoms with Crippen LogP contribution in [0, 0.1) is 5.92 Å². The van der Waals surface area contributed by atoms with Gasteiger partial charge in [-0.3, -0.25) is 46.9 Å². The van der Waals surface area contributed by atoms with Gasteiger partial charge in [0.25, 0.3) is 17.1 Å². The number of nitrogen functional groups attached to an aromatic ring is 3. The lowest BCUT2D eigenvalue weighted by Gasteiger charge is -2.28. The van der Waals surface area contributed by atoms with Gasteiger partial charge in [0.05, 0.1) is 45.6 Å². The second-order valence-electron chi connectivity index (χ2n) is 17.9. The molecule has 15 N–H and O–H groups in total. The number of rotatable bonds is 20. The predicted octanol–water partition coefficient (Wildman–Crippen LogP) is -3.83. The van der Waals surface area contributed by atoms with E-state index in [-0.39, 0.29) is 57.8 Å². The maximum Gasteiger partial charge on any atom is 0.490 e. The van der Waals surface area contributed by atoms with E-state index in [1.807, 2.05) is 0 Å². The predicted molar refractivity (Wildman–Crippen MR) is 254 cm³/mol. The van der Waals surface area contributed by atoms with Crippen molar-refractivity contribution in [2.45, 2.75) is 67.1 Å². The van der Waals surface area contributed by atoms with Gasteiger partial charge in [-0.05, 0) is 14.1 Å². The molecule has 0 aromatic carbocycles. The fraction of sp³-hybridized carbons (Fsp3) is 0.571. The minimum atomic E-state index is -6.19. The number of nitrogens with two attached hydrogens (primary N) is 3. The zero-order chi connectivity index (χ0) is 55.8. The fourth-order valence-electron chi connectivity index (χ4n) is 9.22. The molecule has 77 heavy (non-hydrogen) atoms. The maximum absolute atomic E-state index is 14.4. The van der Waals surface area contributed by atoms with Gasteiger partial charge in [-0.25, -0.2) is 38.2 Å². The van der Waals surface area contributed by atoms with E-state index >= 15 is 0 Å². The second kappa shape index (κ2) is 21.2. The lowest BCUT2D eigenvalue weighted by atomic mass is 9.98. The van der Waals surface area contributed by atoms with Crippen molar-refractivity contribution in [1.29, 1.82) is 0 Å². The summed E-state index contributed by atoms with van der Waals surface area (Å²) in [5.41, 5.74) is 13.9. The zero-order valence-corrected chi connectivity index (χ0v) is 43.8. The number of aromatic amines is 2. The quantitative estimate of drug-likeness (QED) is 0.0257. The van der Waals surface area contributed by atoms with E-state index in [1.165, 1.54) is 27.1 Å². The third kappa shape index (κ3) is 11.3. The van der Waals surface area contributed by atoms with Gasteiger partial charge >= 0.3 is 36.7 Å². The molecule has 0 radical (unpaired) electrons. The molecule has 3 aliphatic heterocycles. The van der Waals surface area contributed by atoms with Gasteiger partial charge in [-0.1, -0.05) is 4.98 Å². The molecule has 6 aromatic heterocycles. The Labute approximate surface area is 429 Å². The van der Waals surface area contributed by atoms with Crippen LogP contribution in [0.4, 0.5) is 17.7 Å². The molecule has 9 heterocycles. The molecular formula is C35H51N16O22P4+. The van der Waals surface area contributed by atoms with Crippen LogP contribution < -0.4 is 32.9 Å². The normalized spacial score (nSPS) is 30.1. The largest absolute Gasteiger partial charge is 0.490 e. The van der Waals surface area contributed by atoms with Crippen LogP contribution in [0.25, 0.3) is 33.5 Å². The highest BCUT2D eigenvalue weighted by molar-refractivity contribution is 7.66. The molecule has 0 spiro atoms. The monoisotopic (exact) mass is 1170 g/mol. The van der Waals surface area contributed by atoms with Gasteiger partial charge in [-0.2, -0.15) is 13.6 Å². The third-order valence-corrected chi connectivity index (χ3v) is 18.6. The summed E-state index contributed by atoms with van der Waals surface area (Å²) < 4.78 is 107. The van der Waals surface area contributed by atoms with Gasteiger partial charge in [0.15, 0.2) is 41.4 Å². The van der Waals surface area contributed by atoms with E-state index in [0.717, 1.165) is 30.7 Å². The number of imidazole rings is 3. The number of phosphoric ester groups is 2. The van der Waals surface area contributed by atoms with Crippen LogP contribution in [0.3, 0.4) is 0 Å². The number of hydrogen-bond acceptors (Lipinski definition) is 28. The molecule has 0 aliphatic carbocycles. The van der Waals surface area contributed by atoms with E-state index in [0.29, 0.717) is 0 Å². The maximum atomic E-state index is 14.4. The number of aliphatic hydroxyl groups excluding tert-OH is 3. The van der Waals surface area contributed by atoms with Crippen molar-refractivity contribution in [2.75, 3.05) is 64.8 Å². The summed E-state index contributed by atoms with van der Waals surface area (Å²) in [5.74, 6) is -1.56. The Morgan fingerprint density at radius 3 is 1.99 bits per heavy atom. The van der Waals surface area contributed by atoms with E-state index in [1.54, 1.807) is 19.0 Å². The number of fused-ring (bicyclic) bond motifs is 3. The highest BCUT2D eigenvalue weighted by Crippen LogP contribution is 2.68. The number of anilines is 3. The molecule has 3 saturated heterocycles. The van der Waals surface area contributed by atoms with E-state index in [4.69, 9.17) is 49.7 Å². The average molecular weight is 1170 g/mol. The Bertz CT molecular complexity index is 3520. The summed E-state index contributed by atoms with van der Waals surface area (Å²) in [4.78, 5) is 99.1. The van der Waals surface area contributed by atoms with Crippen molar-refractivity contribution in [1.82, 2.24) is 58.5 Å². The minimum Gasteiger partial charge on any atom is -0.387 e. The highest BCUT2D eigenvalue weighted by Gasteiger charge is 2.58. The van der Waals surface area contributed by atoms with E-state index in [9.17, 15) is 62.7 Å². The summed E-state index contributed by atoms with van der Waals surface area (Å²) in [6.45, 7) is -3.09. The van der Waals surface area contributed by atoms with Crippen molar-refractivity contribution in [3.63, 3.8) is 0 Å². The molecule has 0 bridgehead atoms. The van der Waals surface area contributed by atoms with Gasteiger partial charge in [0.1, 0.15) is 54.1 Å². The van der Waals surface area contributed by atoms with Crippen LogP contribution in [0.2, 0.25) is 0 Å². The van der Waals surface area contributed by atoms with Crippen LogP contribution >= 0.6 is 31.1 Å². The van der Waals surface area contributed by atoms with Gasteiger partial charge < -0.3 is 80.5 Å². The fourth-order valence-corrected chi connectivity index (χ4v) is 14.5. The number of methoxy groups -OCH3 is 1. The lowest BCUT2D eigenvalue weighted by molar-refractivity contribution is -0.745. The highest BCUT2D eigenvalue weighted by atomic mass is 31.3. The zero-order valence-electron chi connectivity index (χ0n) is 40.3. The third-order valence-electron chi connectivity index (χ3n) is 12.5. The first-order valence-electron chi connectivity index (χ1n) is 22.4. The number of phosphoric acid groups is 3. The van der Waals surface area contributed by atoms with Crippen LogP contribution in [-0.2, 0) is 66.4 Å². The Kier molecular flexibility index (Phi) is 15.6. The molecule has 42 heteroatoms. The molecule has 38 nitrogen and oxygen atoms in total. The number of ether oxygens (including phenoxy) is 4. The topological polar surface area (TPSA) is 536 Å². The Balaban J connectivity index is 0.891. The standard InChI is InChI=1S/C35H50N16O22P4/c1-47(2)5-13-14(69-31(20(13)52)51-12-48(3)19-28(51)44-35(38)46-30(19)56)6-67-75(59,60)72-77(63,64)73-76(61,62)68-8-16-24(23(65-4)33(71-16)49-10-41-17-25(36)39-9-40-26(17)49)74(57,58)66-7-15-21(53)22(54)32(70-15)50-11-42-18-27(50)43-34(37)45-29(18)55/h9-16,20-24,31-33,52-54H,5-8H2,1-4H3,(H11-,36,37,38,39,40,43,44,45,46,55,56,57,58,59,60,61,62,63,64)/p+1/t13-,14-,15-,16-,20-,21-,22-,23-,24-,31?,32-,33-/m1/s1. The summed E-state index contributed by atoms with van der Waals surface area (Å²) in [6, 6.07) is 0. The minimum absolute atomic E-state index is 0.00429. The van der Waals surface area contributed by atoms with E-state index in [2.05, 4.69) is 48.5 Å². The molecule has 9 rings (SSSR count).